The highest BCUT2D eigenvalue weighted by Gasteiger charge is 2.12. The molecule has 0 atom stereocenters. The van der Waals surface area contributed by atoms with Gasteiger partial charge >= 0.3 is 0 Å². The van der Waals surface area contributed by atoms with Crippen LogP contribution in [-0.4, -0.2) is 5.91 Å². The van der Waals surface area contributed by atoms with Crippen molar-refractivity contribution in [2.24, 2.45) is 0 Å². The Labute approximate surface area is 119 Å². The third-order valence-corrected chi connectivity index (χ3v) is 3.01. The van der Waals surface area contributed by atoms with Crippen LogP contribution in [0.5, 0.6) is 0 Å². The fourth-order valence-electron chi connectivity index (χ4n) is 1.49. The van der Waals surface area contributed by atoms with Crippen LogP contribution in [0.2, 0.25) is 10.0 Å². The highest BCUT2D eigenvalue weighted by atomic mass is 35.5. The van der Waals surface area contributed by atoms with E-state index >= 15 is 0 Å². The molecule has 0 spiro atoms. The van der Waals surface area contributed by atoms with Gasteiger partial charge in [0, 0.05) is 10.7 Å². The van der Waals surface area contributed by atoms with E-state index in [9.17, 15) is 9.18 Å². The van der Waals surface area contributed by atoms with Gasteiger partial charge in [-0.05, 0) is 36.4 Å². The van der Waals surface area contributed by atoms with Gasteiger partial charge in [-0.2, -0.15) is 0 Å². The van der Waals surface area contributed by atoms with Gasteiger partial charge in [0.15, 0.2) is 0 Å². The SMILES string of the molecule is Nc1cc(NC(=O)c2cc(Cl)ccc2F)ccc1Cl. The number of carbonyl (C=O) groups excluding carboxylic acids is 1. The molecule has 3 N–H and O–H groups in total. The second-order valence-electron chi connectivity index (χ2n) is 3.81. The van der Waals surface area contributed by atoms with Crippen molar-refractivity contribution in [3.8, 4) is 0 Å². The van der Waals surface area contributed by atoms with Crippen molar-refractivity contribution in [1.29, 1.82) is 0 Å². The van der Waals surface area contributed by atoms with Crippen molar-refractivity contribution in [1.82, 2.24) is 0 Å². The van der Waals surface area contributed by atoms with E-state index in [0.29, 0.717) is 16.4 Å². The molecule has 98 valence electrons. The van der Waals surface area contributed by atoms with Gasteiger partial charge in [0.1, 0.15) is 5.82 Å². The van der Waals surface area contributed by atoms with Gasteiger partial charge in [-0.15, -0.1) is 0 Å². The molecule has 0 radical (unpaired) electrons. The minimum atomic E-state index is -0.649. The maximum atomic E-state index is 13.5. The number of carbonyl (C=O) groups is 1. The Morgan fingerprint density at radius 3 is 2.58 bits per heavy atom. The van der Waals surface area contributed by atoms with Gasteiger partial charge in [0.2, 0.25) is 0 Å². The quantitative estimate of drug-likeness (QED) is 0.824. The van der Waals surface area contributed by atoms with Crippen LogP contribution in [0.3, 0.4) is 0 Å². The molecule has 19 heavy (non-hydrogen) atoms. The predicted octanol–water partition coefficient (Wildman–Crippen LogP) is 3.97. The highest BCUT2D eigenvalue weighted by Crippen LogP contribution is 2.23. The molecule has 0 saturated heterocycles. The molecule has 3 nitrogen and oxygen atoms in total. The molecule has 2 aromatic carbocycles. The Balaban J connectivity index is 2.25. The minimum absolute atomic E-state index is 0.138. The Kier molecular flexibility index (Phi) is 3.93. The van der Waals surface area contributed by atoms with Gasteiger partial charge in [0.25, 0.3) is 5.91 Å². The van der Waals surface area contributed by atoms with E-state index in [1.54, 1.807) is 12.1 Å². The normalized spacial score (nSPS) is 10.3. The minimum Gasteiger partial charge on any atom is -0.397 e. The Bertz CT molecular complexity index is 647. The first kappa shape index (κ1) is 13.6. The lowest BCUT2D eigenvalue weighted by Gasteiger charge is -2.08. The van der Waals surface area contributed by atoms with Gasteiger partial charge in [-0.25, -0.2) is 4.39 Å². The maximum absolute atomic E-state index is 13.5. The average molecular weight is 299 g/mol. The maximum Gasteiger partial charge on any atom is 0.258 e. The molecule has 0 aliphatic carbocycles. The number of hydrogen-bond donors (Lipinski definition) is 2. The summed E-state index contributed by atoms with van der Waals surface area (Å²) < 4.78 is 13.5. The molecule has 0 aliphatic heterocycles. The lowest BCUT2D eigenvalue weighted by atomic mass is 10.2. The number of nitrogens with one attached hydrogen (secondary N) is 1. The van der Waals surface area contributed by atoms with Gasteiger partial charge in [-0.3, -0.25) is 4.79 Å². The van der Waals surface area contributed by atoms with Crippen LogP contribution in [0.4, 0.5) is 15.8 Å². The summed E-state index contributed by atoms with van der Waals surface area (Å²) in [5.74, 6) is -1.26. The molecular formula is C13H9Cl2FN2O. The van der Waals surface area contributed by atoms with Crippen molar-refractivity contribution in [2.75, 3.05) is 11.1 Å². The molecular weight excluding hydrogens is 290 g/mol. The first-order valence-corrected chi connectivity index (χ1v) is 6.04. The summed E-state index contributed by atoms with van der Waals surface area (Å²) in [7, 11) is 0. The van der Waals surface area contributed by atoms with Gasteiger partial charge in [-0.1, -0.05) is 23.2 Å². The third kappa shape index (κ3) is 3.16. The monoisotopic (exact) mass is 298 g/mol. The van der Waals surface area contributed by atoms with E-state index in [1.165, 1.54) is 18.2 Å². The molecule has 0 fully saturated rings. The largest absolute Gasteiger partial charge is 0.397 e. The van der Waals surface area contributed by atoms with Crippen molar-refractivity contribution in [3.63, 3.8) is 0 Å². The van der Waals surface area contributed by atoms with Crippen molar-refractivity contribution in [3.05, 3.63) is 57.8 Å². The van der Waals surface area contributed by atoms with E-state index in [0.717, 1.165) is 6.07 Å². The van der Waals surface area contributed by atoms with Crippen molar-refractivity contribution >= 4 is 40.5 Å². The van der Waals surface area contributed by atoms with E-state index in [1.807, 2.05) is 0 Å². The highest BCUT2D eigenvalue weighted by molar-refractivity contribution is 6.33. The first-order chi connectivity index (χ1) is 8.97. The van der Waals surface area contributed by atoms with Gasteiger partial charge in [0.05, 0.1) is 16.3 Å². The van der Waals surface area contributed by atoms with E-state index in [2.05, 4.69) is 5.32 Å². The number of anilines is 2. The average Bonchev–Trinajstić information content (AvgIpc) is 2.36. The fraction of sp³-hybridized carbons (Fsp3) is 0. The first-order valence-electron chi connectivity index (χ1n) is 5.29. The summed E-state index contributed by atoms with van der Waals surface area (Å²) >= 11 is 11.5. The van der Waals surface area contributed by atoms with E-state index in [-0.39, 0.29) is 10.6 Å². The van der Waals surface area contributed by atoms with Crippen LogP contribution >= 0.6 is 23.2 Å². The number of hydrogen-bond acceptors (Lipinski definition) is 2. The number of rotatable bonds is 2. The molecule has 0 unspecified atom stereocenters. The number of halogens is 3. The summed E-state index contributed by atoms with van der Waals surface area (Å²) in [6.07, 6.45) is 0. The molecule has 0 aliphatic rings. The summed E-state index contributed by atoms with van der Waals surface area (Å²) in [4.78, 5) is 11.9. The lowest BCUT2D eigenvalue weighted by molar-refractivity contribution is 0.102. The smallest absolute Gasteiger partial charge is 0.258 e. The zero-order valence-corrected chi connectivity index (χ0v) is 11.1. The third-order valence-electron chi connectivity index (χ3n) is 2.43. The van der Waals surface area contributed by atoms with Crippen molar-refractivity contribution in [2.45, 2.75) is 0 Å². The second kappa shape index (κ2) is 5.47. The van der Waals surface area contributed by atoms with Crippen LogP contribution in [-0.2, 0) is 0 Å². The summed E-state index contributed by atoms with van der Waals surface area (Å²) in [6, 6.07) is 8.36. The molecule has 2 aromatic rings. The van der Waals surface area contributed by atoms with Crippen LogP contribution < -0.4 is 11.1 Å². The second-order valence-corrected chi connectivity index (χ2v) is 4.66. The molecule has 0 aromatic heterocycles. The molecule has 6 heteroatoms. The lowest BCUT2D eigenvalue weighted by Crippen LogP contribution is -2.13. The van der Waals surface area contributed by atoms with Crippen LogP contribution in [0.1, 0.15) is 10.4 Å². The summed E-state index contributed by atoms with van der Waals surface area (Å²) in [6.45, 7) is 0. The zero-order valence-electron chi connectivity index (χ0n) is 9.58. The Hall–Kier alpha value is -1.78. The van der Waals surface area contributed by atoms with Crippen LogP contribution in [0, 0.1) is 5.82 Å². The summed E-state index contributed by atoms with van der Waals surface area (Å²) in [5, 5.41) is 3.18. The van der Waals surface area contributed by atoms with Crippen LogP contribution in [0.15, 0.2) is 36.4 Å². The molecule has 0 bridgehead atoms. The molecule has 2 rings (SSSR count). The molecule has 0 heterocycles. The number of amides is 1. The Morgan fingerprint density at radius 2 is 1.89 bits per heavy atom. The van der Waals surface area contributed by atoms with Crippen LogP contribution in [0.25, 0.3) is 0 Å². The molecule has 1 amide bonds. The van der Waals surface area contributed by atoms with Crippen molar-refractivity contribution < 1.29 is 9.18 Å². The number of nitrogens with two attached hydrogens (primary N) is 1. The number of benzene rings is 2. The summed E-state index contributed by atoms with van der Waals surface area (Å²) in [5.41, 5.74) is 6.22. The number of nitrogen functional groups attached to an aromatic ring is 1. The van der Waals surface area contributed by atoms with Gasteiger partial charge < -0.3 is 11.1 Å². The molecule has 0 saturated carbocycles. The zero-order chi connectivity index (χ0) is 14.0. The standard InChI is InChI=1S/C13H9Cl2FN2O/c14-7-1-4-11(16)9(5-7)13(19)18-8-2-3-10(15)12(17)6-8/h1-6H,17H2,(H,18,19). The predicted molar refractivity (Wildman–Crippen MR) is 75.2 cm³/mol. The van der Waals surface area contributed by atoms with E-state index < -0.39 is 11.7 Å². The topological polar surface area (TPSA) is 55.1 Å². The van der Waals surface area contributed by atoms with E-state index in [4.69, 9.17) is 28.9 Å². The fourth-order valence-corrected chi connectivity index (χ4v) is 1.78. The Morgan fingerprint density at radius 1 is 1.16 bits per heavy atom.